The summed E-state index contributed by atoms with van der Waals surface area (Å²) in [6.45, 7) is -0.432. The zero-order valence-electron chi connectivity index (χ0n) is 16.4. The molecule has 0 heterocycles. The largest absolute Gasteiger partial charge is 0.497 e. The molecule has 1 aliphatic carbocycles. The second-order valence-corrected chi connectivity index (χ2v) is 10.2. The van der Waals surface area contributed by atoms with Crippen molar-refractivity contribution in [1.82, 2.24) is 5.32 Å². The number of carbonyl (C=O) groups is 1. The van der Waals surface area contributed by atoms with Crippen LogP contribution in [0.2, 0.25) is 15.1 Å². The molecule has 1 amide bonds. The number of benzene rings is 2. The van der Waals surface area contributed by atoms with Gasteiger partial charge in [0.1, 0.15) is 12.3 Å². The molecule has 0 aromatic heterocycles. The Balaban J connectivity index is 1.83. The first-order chi connectivity index (χ1) is 14.1. The number of halogens is 3. The van der Waals surface area contributed by atoms with Gasteiger partial charge in [-0.15, -0.1) is 0 Å². The third kappa shape index (κ3) is 5.14. The van der Waals surface area contributed by atoms with Gasteiger partial charge in [-0.3, -0.25) is 9.10 Å². The molecule has 0 saturated heterocycles. The Kier molecular flexibility index (Phi) is 7.07. The van der Waals surface area contributed by atoms with E-state index in [-0.39, 0.29) is 26.8 Å². The maximum absolute atomic E-state index is 12.8. The van der Waals surface area contributed by atoms with Crippen molar-refractivity contribution >= 4 is 56.4 Å². The maximum Gasteiger partial charge on any atom is 0.241 e. The number of sulfonamides is 1. The summed E-state index contributed by atoms with van der Waals surface area (Å²) in [5.41, 5.74) is 2.21. The van der Waals surface area contributed by atoms with Crippen LogP contribution in [-0.4, -0.2) is 34.2 Å². The van der Waals surface area contributed by atoms with E-state index >= 15 is 0 Å². The number of hydrogen-bond donors (Lipinski definition) is 1. The Bertz CT molecular complexity index is 1080. The van der Waals surface area contributed by atoms with Gasteiger partial charge in [-0.1, -0.05) is 40.9 Å². The lowest BCUT2D eigenvalue weighted by atomic mass is 9.87. The standard InChI is InChI=1S/C20H21Cl3N2O4S/c1-29-13-6-7-14-12(8-13)4-3-5-18(14)24-20(26)11-25(30(2,27)28)19-10-16(22)15(21)9-17(19)23/h6-10,18H,3-5,11H2,1-2H3,(H,24,26). The van der Waals surface area contributed by atoms with Crippen LogP contribution >= 0.6 is 34.8 Å². The predicted octanol–water partition coefficient (Wildman–Crippen LogP) is 4.62. The number of nitrogens with one attached hydrogen (secondary N) is 1. The average molecular weight is 492 g/mol. The van der Waals surface area contributed by atoms with Crippen LogP contribution in [0.4, 0.5) is 5.69 Å². The number of carbonyl (C=O) groups excluding carboxylic acids is 1. The van der Waals surface area contributed by atoms with Gasteiger partial charge < -0.3 is 10.1 Å². The van der Waals surface area contributed by atoms with E-state index in [2.05, 4.69) is 5.32 Å². The van der Waals surface area contributed by atoms with Gasteiger partial charge in [0.2, 0.25) is 15.9 Å². The number of fused-ring (bicyclic) bond motifs is 1. The van der Waals surface area contributed by atoms with Crippen molar-refractivity contribution in [2.75, 3.05) is 24.2 Å². The van der Waals surface area contributed by atoms with Crippen LogP contribution in [0.5, 0.6) is 5.75 Å². The van der Waals surface area contributed by atoms with E-state index in [0.29, 0.717) is 0 Å². The third-order valence-corrected chi connectivity index (χ3v) is 7.10. The van der Waals surface area contributed by atoms with Crippen LogP contribution in [0.25, 0.3) is 0 Å². The summed E-state index contributed by atoms with van der Waals surface area (Å²) in [4.78, 5) is 12.8. The lowest BCUT2D eigenvalue weighted by Crippen LogP contribution is -2.42. The molecule has 10 heteroatoms. The minimum atomic E-state index is -3.81. The van der Waals surface area contributed by atoms with Gasteiger partial charge in [0.05, 0.1) is 40.2 Å². The van der Waals surface area contributed by atoms with Crippen LogP contribution < -0.4 is 14.4 Å². The fraction of sp³-hybridized carbons (Fsp3) is 0.350. The quantitative estimate of drug-likeness (QED) is 0.599. The number of amides is 1. The van der Waals surface area contributed by atoms with Crippen molar-refractivity contribution in [1.29, 1.82) is 0 Å². The Morgan fingerprint density at radius 2 is 1.87 bits per heavy atom. The van der Waals surface area contributed by atoms with Gasteiger partial charge in [0, 0.05) is 0 Å². The first kappa shape index (κ1) is 23.0. The normalized spacial score (nSPS) is 16.0. The van der Waals surface area contributed by atoms with Crippen molar-refractivity contribution in [3.05, 3.63) is 56.5 Å². The number of rotatable bonds is 6. The van der Waals surface area contributed by atoms with Crippen molar-refractivity contribution < 1.29 is 17.9 Å². The van der Waals surface area contributed by atoms with Crippen LogP contribution in [0.1, 0.15) is 30.0 Å². The van der Waals surface area contributed by atoms with Crippen LogP contribution in [0, 0.1) is 0 Å². The van der Waals surface area contributed by atoms with Gasteiger partial charge in [0.15, 0.2) is 0 Å². The molecule has 1 aliphatic rings. The summed E-state index contributed by atoms with van der Waals surface area (Å²) in [6.07, 6.45) is 3.56. The molecular formula is C20H21Cl3N2O4S. The molecule has 1 unspecified atom stereocenters. The third-order valence-electron chi connectivity index (χ3n) is 4.95. The molecule has 2 aromatic rings. The van der Waals surface area contributed by atoms with Crippen molar-refractivity contribution in [2.45, 2.75) is 25.3 Å². The van der Waals surface area contributed by atoms with Gasteiger partial charge in [-0.2, -0.15) is 0 Å². The summed E-state index contributed by atoms with van der Waals surface area (Å²) in [5.74, 6) is 0.314. The minimum absolute atomic E-state index is 0.0812. The van der Waals surface area contributed by atoms with Gasteiger partial charge in [0.25, 0.3) is 0 Å². The molecule has 0 fully saturated rings. The van der Waals surface area contributed by atoms with Crippen molar-refractivity contribution in [2.24, 2.45) is 0 Å². The summed E-state index contributed by atoms with van der Waals surface area (Å²) in [6, 6.07) is 8.22. The van der Waals surface area contributed by atoms with Crippen molar-refractivity contribution in [3.63, 3.8) is 0 Å². The summed E-state index contributed by atoms with van der Waals surface area (Å²) in [5, 5.41) is 3.35. The molecule has 0 radical (unpaired) electrons. The highest BCUT2D eigenvalue weighted by molar-refractivity contribution is 7.92. The first-order valence-corrected chi connectivity index (χ1v) is 12.2. The number of methoxy groups -OCH3 is 1. The minimum Gasteiger partial charge on any atom is -0.497 e. The molecule has 162 valence electrons. The summed E-state index contributed by atoms with van der Waals surface area (Å²) < 4.78 is 30.9. The Morgan fingerprint density at radius 3 is 2.53 bits per heavy atom. The molecule has 0 bridgehead atoms. The number of ether oxygens (including phenoxy) is 1. The number of hydrogen-bond acceptors (Lipinski definition) is 4. The zero-order valence-corrected chi connectivity index (χ0v) is 19.5. The Labute approximate surface area is 191 Å². The Morgan fingerprint density at radius 1 is 1.17 bits per heavy atom. The molecule has 1 N–H and O–H groups in total. The zero-order chi connectivity index (χ0) is 22.1. The van der Waals surface area contributed by atoms with Gasteiger partial charge in [-0.25, -0.2) is 8.42 Å². The second kappa shape index (κ2) is 9.22. The van der Waals surface area contributed by atoms with Crippen molar-refractivity contribution in [3.8, 4) is 5.75 Å². The molecule has 0 saturated carbocycles. The number of aryl methyl sites for hydroxylation is 1. The topological polar surface area (TPSA) is 75.7 Å². The summed E-state index contributed by atoms with van der Waals surface area (Å²) >= 11 is 18.1. The van der Waals surface area contributed by atoms with E-state index in [1.54, 1.807) is 7.11 Å². The maximum atomic E-state index is 12.8. The highest BCUT2D eigenvalue weighted by Gasteiger charge is 2.27. The molecule has 0 aliphatic heterocycles. The fourth-order valence-corrected chi connectivity index (χ4v) is 5.08. The smallest absolute Gasteiger partial charge is 0.241 e. The van der Waals surface area contributed by atoms with E-state index < -0.39 is 22.5 Å². The monoisotopic (exact) mass is 490 g/mol. The highest BCUT2D eigenvalue weighted by atomic mass is 35.5. The molecule has 30 heavy (non-hydrogen) atoms. The molecule has 2 aromatic carbocycles. The summed E-state index contributed by atoms with van der Waals surface area (Å²) in [7, 11) is -2.20. The molecule has 6 nitrogen and oxygen atoms in total. The van der Waals surface area contributed by atoms with E-state index in [1.165, 1.54) is 12.1 Å². The average Bonchev–Trinajstić information content (AvgIpc) is 2.68. The second-order valence-electron chi connectivity index (χ2n) is 7.06. The van der Waals surface area contributed by atoms with E-state index in [0.717, 1.165) is 46.7 Å². The lowest BCUT2D eigenvalue weighted by molar-refractivity contribution is -0.120. The van der Waals surface area contributed by atoms with E-state index in [9.17, 15) is 13.2 Å². The first-order valence-electron chi connectivity index (χ1n) is 9.18. The van der Waals surface area contributed by atoms with Crippen LogP contribution in [-0.2, 0) is 21.2 Å². The Hall–Kier alpha value is -1.67. The van der Waals surface area contributed by atoms with E-state index in [1.807, 2.05) is 18.2 Å². The number of anilines is 1. The number of nitrogens with zero attached hydrogens (tertiary/aromatic N) is 1. The van der Waals surface area contributed by atoms with Gasteiger partial charge >= 0.3 is 0 Å². The van der Waals surface area contributed by atoms with Crippen LogP contribution in [0.15, 0.2) is 30.3 Å². The van der Waals surface area contributed by atoms with Crippen LogP contribution in [0.3, 0.4) is 0 Å². The molecular weight excluding hydrogens is 471 g/mol. The molecule has 0 spiro atoms. The van der Waals surface area contributed by atoms with Gasteiger partial charge in [-0.05, 0) is 54.7 Å². The highest BCUT2D eigenvalue weighted by Crippen LogP contribution is 2.36. The fourth-order valence-electron chi connectivity index (χ4n) is 3.52. The lowest BCUT2D eigenvalue weighted by Gasteiger charge is -2.28. The SMILES string of the molecule is COc1ccc2c(c1)CCCC2NC(=O)CN(c1cc(Cl)c(Cl)cc1Cl)S(C)(=O)=O. The molecule has 3 rings (SSSR count). The van der Waals surface area contributed by atoms with E-state index in [4.69, 9.17) is 39.5 Å². The molecule has 1 atom stereocenters. The predicted molar refractivity (Wildman–Crippen MR) is 120 cm³/mol.